The first-order valence-electron chi connectivity index (χ1n) is 13.2. The molecule has 4 heteroatoms. The Balaban J connectivity index is 1.56. The zero-order valence-corrected chi connectivity index (χ0v) is 21.4. The third-order valence-corrected chi connectivity index (χ3v) is 6.85. The van der Waals surface area contributed by atoms with Gasteiger partial charge in [-0.2, -0.15) is 0 Å². The lowest BCUT2D eigenvalue weighted by atomic mass is 9.80. The van der Waals surface area contributed by atoms with Crippen LogP contribution >= 0.6 is 0 Å². The normalized spacial score (nSPS) is 21.4. The first kappa shape index (κ1) is 25.5. The third-order valence-electron chi connectivity index (χ3n) is 6.85. The van der Waals surface area contributed by atoms with Crippen molar-refractivity contribution in [3.8, 4) is 0 Å². The van der Waals surface area contributed by atoms with Gasteiger partial charge in [-0.05, 0) is 77.7 Å². The van der Waals surface area contributed by atoms with Crippen LogP contribution in [0, 0.1) is 0 Å². The Bertz CT molecular complexity index is 1410. The van der Waals surface area contributed by atoms with Crippen molar-refractivity contribution < 1.29 is 10.0 Å². The second-order valence-corrected chi connectivity index (χ2v) is 9.45. The second kappa shape index (κ2) is 12.4. The maximum atomic E-state index is 9.65. The van der Waals surface area contributed by atoms with Gasteiger partial charge >= 0.3 is 7.12 Å². The van der Waals surface area contributed by atoms with E-state index >= 15 is 0 Å². The predicted octanol–water partition coefficient (Wildman–Crippen LogP) is 6.81. The number of rotatable bonds is 6. The Kier molecular flexibility index (Phi) is 8.34. The summed E-state index contributed by atoms with van der Waals surface area (Å²) in [5, 5.41) is 19.3. The summed E-state index contributed by atoms with van der Waals surface area (Å²) in [7, 11) is -1.49. The molecule has 0 spiro atoms. The average molecular weight is 497 g/mol. The molecule has 0 bridgehead atoms. The Morgan fingerprint density at radius 1 is 0.605 bits per heavy atom. The molecule has 38 heavy (non-hydrogen) atoms. The van der Waals surface area contributed by atoms with Gasteiger partial charge in [0.2, 0.25) is 0 Å². The number of allylic oxidation sites excluding steroid dienone is 11. The summed E-state index contributed by atoms with van der Waals surface area (Å²) in [4.78, 5) is 2.30. The highest BCUT2D eigenvalue weighted by Gasteiger charge is 2.18. The van der Waals surface area contributed by atoms with Crippen LogP contribution in [0.1, 0.15) is 36.8 Å². The van der Waals surface area contributed by atoms with E-state index in [1.54, 1.807) is 12.1 Å². The molecule has 0 amide bonds. The molecule has 3 nitrogen and oxygen atoms in total. The number of nitrogens with zero attached hydrogens (tertiary/aromatic N) is 1. The van der Waals surface area contributed by atoms with E-state index in [1.807, 2.05) is 24.3 Å². The first-order chi connectivity index (χ1) is 18.7. The SMILES string of the molecule is OB(O)c1ccc(N(C2=CCC/C=C(c3ccccc3)\C=C/2)/C2=C/C=C(c3ccccc3)\C=C/CC2)cc1. The van der Waals surface area contributed by atoms with Crippen LogP contribution < -0.4 is 10.4 Å². The van der Waals surface area contributed by atoms with Gasteiger partial charge < -0.3 is 14.9 Å². The summed E-state index contributed by atoms with van der Waals surface area (Å²) >= 11 is 0. The monoisotopic (exact) mass is 497 g/mol. The van der Waals surface area contributed by atoms with Crippen molar-refractivity contribution in [3.63, 3.8) is 0 Å². The summed E-state index contributed by atoms with van der Waals surface area (Å²) in [5.41, 5.74) is 8.55. The average Bonchev–Trinajstić information content (AvgIpc) is 2.92. The zero-order valence-electron chi connectivity index (χ0n) is 21.4. The fourth-order valence-electron chi connectivity index (χ4n) is 4.84. The first-order valence-corrected chi connectivity index (χ1v) is 13.2. The Morgan fingerprint density at radius 2 is 1.26 bits per heavy atom. The van der Waals surface area contributed by atoms with E-state index in [-0.39, 0.29) is 0 Å². The molecule has 2 aliphatic rings. The van der Waals surface area contributed by atoms with Crippen molar-refractivity contribution in [1.29, 1.82) is 0 Å². The van der Waals surface area contributed by atoms with E-state index in [9.17, 15) is 10.0 Å². The molecular formula is C34H32BNO2. The van der Waals surface area contributed by atoms with Crippen LogP contribution in [0.5, 0.6) is 0 Å². The van der Waals surface area contributed by atoms with Crippen molar-refractivity contribution in [1.82, 2.24) is 0 Å². The van der Waals surface area contributed by atoms with Gasteiger partial charge in [-0.3, -0.25) is 0 Å². The van der Waals surface area contributed by atoms with Crippen molar-refractivity contribution in [3.05, 3.63) is 156 Å². The summed E-state index contributed by atoms with van der Waals surface area (Å²) < 4.78 is 0. The standard InChI is InChI=1S/C34H32BNO2/c37-35(38)31-21-25-34(26-22-31)36(32-17-9-7-15-29(19-23-32)27-11-3-1-4-12-27)33-18-10-8-16-30(20-24-33)28-13-5-2-6-14-28/h1-7,11-16,18-26,37-38H,8-10,17H2/b15-7-,24-20-,29-19+,30-16+,32-23+,33-18?. The molecule has 5 rings (SSSR count). The van der Waals surface area contributed by atoms with E-state index in [0.717, 1.165) is 37.1 Å². The van der Waals surface area contributed by atoms with Crippen molar-refractivity contribution in [2.24, 2.45) is 0 Å². The number of hydrogen-bond donors (Lipinski definition) is 2. The summed E-state index contributed by atoms with van der Waals surface area (Å²) in [6.07, 6.45) is 21.6. The molecule has 2 aliphatic carbocycles. The predicted molar refractivity (Wildman–Crippen MR) is 160 cm³/mol. The van der Waals surface area contributed by atoms with Gasteiger partial charge in [-0.25, -0.2) is 0 Å². The fraction of sp³-hybridized carbons (Fsp3) is 0.118. The van der Waals surface area contributed by atoms with Crippen molar-refractivity contribution in [2.75, 3.05) is 4.90 Å². The Hall–Kier alpha value is -4.12. The summed E-state index contributed by atoms with van der Waals surface area (Å²) in [5.74, 6) is 0. The van der Waals surface area contributed by atoms with Gasteiger partial charge in [0.05, 0.1) is 0 Å². The van der Waals surface area contributed by atoms with Crippen LogP contribution in [0.3, 0.4) is 0 Å². The van der Waals surface area contributed by atoms with Gasteiger partial charge in [-0.1, -0.05) is 109 Å². The largest absolute Gasteiger partial charge is 0.488 e. The zero-order chi connectivity index (χ0) is 26.2. The van der Waals surface area contributed by atoms with Crippen LogP contribution in [0.4, 0.5) is 5.69 Å². The van der Waals surface area contributed by atoms with Gasteiger partial charge in [0.1, 0.15) is 0 Å². The minimum absolute atomic E-state index is 0.478. The highest BCUT2D eigenvalue weighted by Crippen LogP contribution is 2.31. The van der Waals surface area contributed by atoms with E-state index in [2.05, 4.69) is 102 Å². The highest BCUT2D eigenvalue weighted by atomic mass is 16.4. The van der Waals surface area contributed by atoms with Crippen molar-refractivity contribution >= 4 is 29.4 Å². The van der Waals surface area contributed by atoms with Crippen molar-refractivity contribution in [2.45, 2.75) is 25.7 Å². The second-order valence-electron chi connectivity index (χ2n) is 9.45. The molecule has 0 heterocycles. The summed E-state index contributed by atoms with van der Waals surface area (Å²) in [6.45, 7) is 0. The molecular weight excluding hydrogens is 465 g/mol. The lowest BCUT2D eigenvalue weighted by molar-refractivity contribution is 0.426. The molecule has 3 aromatic rings. The van der Waals surface area contributed by atoms with Crippen LogP contribution in [-0.2, 0) is 0 Å². The molecule has 0 radical (unpaired) electrons. The lowest BCUT2D eigenvalue weighted by Gasteiger charge is -2.30. The topological polar surface area (TPSA) is 43.7 Å². The molecule has 3 aromatic carbocycles. The van der Waals surface area contributed by atoms with Crippen LogP contribution in [-0.4, -0.2) is 17.2 Å². The van der Waals surface area contributed by atoms with E-state index < -0.39 is 7.12 Å². The van der Waals surface area contributed by atoms with Gasteiger partial charge in [-0.15, -0.1) is 0 Å². The van der Waals surface area contributed by atoms with E-state index in [0.29, 0.717) is 5.46 Å². The third kappa shape index (κ3) is 6.23. The number of benzene rings is 3. The smallest absolute Gasteiger partial charge is 0.423 e. The van der Waals surface area contributed by atoms with Gasteiger partial charge in [0.25, 0.3) is 0 Å². The Labute approximate surface area is 225 Å². The molecule has 2 N–H and O–H groups in total. The maximum Gasteiger partial charge on any atom is 0.488 e. The molecule has 188 valence electrons. The molecule has 0 saturated carbocycles. The molecule has 0 saturated heterocycles. The van der Waals surface area contributed by atoms with Gasteiger partial charge in [0.15, 0.2) is 0 Å². The quantitative estimate of drug-likeness (QED) is 0.368. The van der Waals surface area contributed by atoms with Crippen LogP contribution in [0.2, 0.25) is 0 Å². The summed E-state index contributed by atoms with van der Waals surface area (Å²) in [6, 6.07) is 28.4. The number of hydrogen-bond acceptors (Lipinski definition) is 3. The minimum Gasteiger partial charge on any atom is -0.423 e. The molecule has 0 unspecified atom stereocenters. The molecule has 0 aromatic heterocycles. The molecule has 0 aliphatic heterocycles. The lowest BCUT2D eigenvalue weighted by Crippen LogP contribution is -2.30. The van der Waals surface area contributed by atoms with Gasteiger partial charge in [0, 0.05) is 17.1 Å². The minimum atomic E-state index is -1.49. The molecule has 0 fully saturated rings. The van der Waals surface area contributed by atoms with Crippen LogP contribution in [0.25, 0.3) is 11.1 Å². The van der Waals surface area contributed by atoms with E-state index in [4.69, 9.17) is 0 Å². The number of anilines is 1. The Morgan fingerprint density at radius 3 is 1.95 bits per heavy atom. The van der Waals surface area contributed by atoms with Crippen LogP contribution in [0.15, 0.2) is 145 Å². The highest BCUT2D eigenvalue weighted by molar-refractivity contribution is 6.58. The fourth-order valence-corrected chi connectivity index (χ4v) is 4.84. The molecule has 0 atom stereocenters. The van der Waals surface area contributed by atoms with E-state index in [1.165, 1.54) is 28.0 Å². The maximum absolute atomic E-state index is 9.65.